The zero-order valence-electron chi connectivity index (χ0n) is 14.2. The van der Waals surface area contributed by atoms with E-state index in [0.29, 0.717) is 5.75 Å². The lowest BCUT2D eigenvalue weighted by Gasteiger charge is -2.29. The van der Waals surface area contributed by atoms with Crippen LogP contribution < -0.4 is 10.1 Å². The summed E-state index contributed by atoms with van der Waals surface area (Å²) in [5.41, 5.74) is -0.0192. The van der Waals surface area contributed by atoms with Gasteiger partial charge in [-0.2, -0.15) is 22.5 Å². The second-order valence-corrected chi connectivity index (χ2v) is 6.08. The van der Waals surface area contributed by atoms with Crippen molar-refractivity contribution < 1.29 is 22.3 Å². The summed E-state index contributed by atoms with van der Waals surface area (Å²) in [6, 6.07) is 7.05. The van der Waals surface area contributed by atoms with Crippen LogP contribution in [0.15, 0.2) is 24.3 Å². The molecule has 2 aromatic rings. The van der Waals surface area contributed by atoms with Crippen molar-refractivity contribution in [2.24, 2.45) is 0 Å². The fourth-order valence-electron chi connectivity index (χ4n) is 3.27. The number of anilines is 1. The molecule has 2 heterocycles. The van der Waals surface area contributed by atoms with Crippen molar-refractivity contribution in [3.8, 4) is 5.75 Å². The standard InChI is InChI=1S/C18H19F4N3O/c1-26-13-7-3-2-6-11(13)12(25-8-4-5-9-25)10-23-16-14(19)17(21)24-18(22)15(16)20/h2-3,6-7,12H,4-5,8-10H2,1H3,(H,23,24). The lowest BCUT2D eigenvalue weighted by molar-refractivity contribution is 0.249. The van der Waals surface area contributed by atoms with Crippen LogP contribution in [0, 0.1) is 23.5 Å². The average molecular weight is 369 g/mol. The van der Waals surface area contributed by atoms with E-state index in [2.05, 4.69) is 15.2 Å². The number of halogens is 4. The van der Waals surface area contributed by atoms with E-state index in [1.807, 2.05) is 18.2 Å². The molecule has 1 aromatic carbocycles. The number of para-hydroxylation sites is 1. The van der Waals surface area contributed by atoms with Crippen LogP contribution in [0.3, 0.4) is 0 Å². The molecule has 1 saturated heterocycles. The molecule has 1 N–H and O–H groups in total. The van der Waals surface area contributed by atoms with Gasteiger partial charge in [0, 0.05) is 12.1 Å². The molecule has 0 saturated carbocycles. The third kappa shape index (κ3) is 3.60. The van der Waals surface area contributed by atoms with Crippen molar-refractivity contribution in [1.29, 1.82) is 0 Å². The van der Waals surface area contributed by atoms with Crippen LogP contribution in [0.1, 0.15) is 24.4 Å². The molecule has 1 unspecified atom stereocenters. The number of likely N-dealkylation sites (tertiary alicyclic amines) is 1. The summed E-state index contributed by atoms with van der Waals surface area (Å²) in [5, 5.41) is 2.52. The van der Waals surface area contributed by atoms with Gasteiger partial charge in [0.15, 0.2) is 0 Å². The smallest absolute Gasteiger partial charge is 0.253 e. The first kappa shape index (κ1) is 18.4. The maximum absolute atomic E-state index is 13.9. The molecule has 1 fully saturated rings. The van der Waals surface area contributed by atoms with Crippen LogP contribution in [-0.4, -0.2) is 36.6 Å². The van der Waals surface area contributed by atoms with Crippen molar-refractivity contribution in [1.82, 2.24) is 9.88 Å². The number of aromatic nitrogens is 1. The Balaban J connectivity index is 1.90. The van der Waals surface area contributed by atoms with Crippen molar-refractivity contribution in [2.45, 2.75) is 18.9 Å². The van der Waals surface area contributed by atoms with E-state index in [-0.39, 0.29) is 12.6 Å². The fraction of sp³-hybridized carbons (Fsp3) is 0.389. The molecular weight excluding hydrogens is 350 g/mol. The van der Waals surface area contributed by atoms with Crippen LogP contribution in [0.5, 0.6) is 5.75 Å². The zero-order valence-corrected chi connectivity index (χ0v) is 14.2. The largest absolute Gasteiger partial charge is 0.496 e. The zero-order chi connectivity index (χ0) is 18.7. The Hall–Kier alpha value is -2.35. The first-order valence-corrected chi connectivity index (χ1v) is 8.33. The maximum atomic E-state index is 13.9. The third-order valence-electron chi connectivity index (χ3n) is 4.55. The quantitative estimate of drug-likeness (QED) is 0.619. The Morgan fingerprint density at radius 2 is 1.69 bits per heavy atom. The highest BCUT2D eigenvalue weighted by atomic mass is 19.2. The minimum atomic E-state index is -1.68. The predicted octanol–water partition coefficient (Wildman–Crippen LogP) is 3.90. The highest BCUT2D eigenvalue weighted by Gasteiger charge is 2.27. The minimum absolute atomic E-state index is 0.0527. The van der Waals surface area contributed by atoms with E-state index in [1.54, 1.807) is 13.2 Å². The Labute approximate surface area is 148 Å². The van der Waals surface area contributed by atoms with E-state index >= 15 is 0 Å². The number of pyridine rings is 1. The Morgan fingerprint density at radius 1 is 1.08 bits per heavy atom. The van der Waals surface area contributed by atoms with Crippen molar-refractivity contribution in [3.05, 3.63) is 53.4 Å². The van der Waals surface area contributed by atoms with Crippen LogP contribution >= 0.6 is 0 Å². The molecule has 26 heavy (non-hydrogen) atoms. The summed E-state index contributed by atoms with van der Waals surface area (Å²) >= 11 is 0. The van der Waals surface area contributed by atoms with Crippen molar-refractivity contribution in [3.63, 3.8) is 0 Å². The third-order valence-corrected chi connectivity index (χ3v) is 4.55. The van der Waals surface area contributed by atoms with Gasteiger partial charge in [0.2, 0.25) is 11.6 Å². The molecule has 1 aliphatic rings. The second kappa shape index (κ2) is 7.90. The number of benzene rings is 1. The minimum Gasteiger partial charge on any atom is -0.496 e. The van der Waals surface area contributed by atoms with Gasteiger partial charge in [-0.1, -0.05) is 18.2 Å². The normalized spacial score (nSPS) is 15.9. The van der Waals surface area contributed by atoms with Gasteiger partial charge < -0.3 is 10.1 Å². The SMILES string of the molecule is COc1ccccc1C(CNc1c(F)c(F)nc(F)c1F)N1CCCC1. The number of nitrogens with one attached hydrogen (secondary N) is 1. The van der Waals surface area contributed by atoms with Crippen molar-refractivity contribution in [2.75, 3.05) is 32.1 Å². The van der Waals surface area contributed by atoms with Gasteiger partial charge in [-0.05, 0) is 32.0 Å². The molecule has 140 valence electrons. The first-order valence-electron chi connectivity index (χ1n) is 8.33. The molecular formula is C18H19F4N3O. The number of rotatable bonds is 6. The Morgan fingerprint density at radius 3 is 2.31 bits per heavy atom. The first-order chi connectivity index (χ1) is 12.5. The topological polar surface area (TPSA) is 37.4 Å². The molecule has 0 bridgehead atoms. The van der Waals surface area contributed by atoms with E-state index in [9.17, 15) is 17.6 Å². The highest BCUT2D eigenvalue weighted by Crippen LogP contribution is 2.32. The molecule has 1 atom stereocenters. The molecule has 0 spiro atoms. The molecule has 3 rings (SSSR count). The molecule has 0 aliphatic carbocycles. The van der Waals surface area contributed by atoms with Crippen LogP contribution in [0.25, 0.3) is 0 Å². The summed E-state index contributed by atoms with van der Waals surface area (Å²) < 4.78 is 59.8. The molecule has 0 amide bonds. The number of methoxy groups -OCH3 is 1. The predicted molar refractivity (Wildman–Crippen MR) is 89.1 cm³/mol. The van der Waals surface area contributed by atoms with Crippen LogP contribution in [-0.2, 0) is 0 Å². The number of hydrogen-bond donors (Lipinski definition) is 1. The molecule has 0 radical (unpaired) electrons. The maximum Gasteiger partial charge on any atom is 0.253 e. The monoisotopic (exact) mass is 369 g/mol. The molecule has 1 aromatic heterocycles. The van der Waals surface area contributed by atoms with Gasteiger partial charge in [-0.3, -0.25) is 4.90 Å². The summed E-state index contributed by atoms with van der Waals surface area (Å²) in [6.45, 7) is 1.68. The lowest BCUT2D eigenvalue weighted by atomic mass is 10.0. The molecule has 1 aliphatic heterocycles. The van der Waals surface area contributed by atoms with Gasteiger partial charge in [0.1, 0.15) is 11.4 Å². The lowest BCUT2D eigenvalue weighted by Crippen LogP contribution is -2.31. The van der Waals surface area contributed by atoms with Crippen LogP contribution in [0.2, 0.25) is 0 Å². The highest BCUT2D eigenvalue weighted by molar-refractivity contribution is 5.46. The fourth-order valence-corrected chi connectivity index (χ4v) is 3.27. The van der Waals surface area contributed by atoms with Gasteiger partial charge in [-0.25, -0.2) is 0 Å². The van der Waals surface area contributed by atoms with E-state index in [0.717, 1.165) is 31.5 Å². The van der Waals surface area contributed by atoms with E-state index in [4.69, 9.17) is 4.74 Å². The summed E-state index contributed by atoms with van der Waals surface area (Å²) in [4.78, 5) is 4.72. The second-order valence-electron chi connectivity index (χ2n) is 6.08. The summed E-state index contributed by atoms with van der Waals surface area (Å²) in [6.07, 6.45) is 2.01. The van der Waals surface area contributed by atoms with Gasteiger partial charge >= 0.3 is 0 Å². The number of ether oxygens (including phenoxy) is 1. The van der Waals surface area contributed by atoms with Gasteiger partial charge in [0.25, 0.3) is 11.9 Å². The molecule has 4 nitrogen and oxygen atoms in total. The summed E-state index contributed by atoms with van der Waals surface area (Å²) in [7, 11) is 1.54. The average Bonchev–Trinajstić information content (AvgIpc) is 3.17. The number of nitrogens with zero attached hydrogens (tertiary/aromatic N) is 2. The van der Waals surface area contributed by atoms with Gasteiger partial charge in [-0.15, -0.1) is 0 Å². The number of hydrogen-bond acceptors (Lipinski definition) is 4. The van der Waals surface area contributed by atoms with Gasteiger partial charge in [0.05, 0.1) is 13.2 Å². The van der Waals surface area contributed by atoms with E-state index < -0.39 is 29.2 Å². The summed E-state index contributed by atoms with van der Waals surface area (Å²) in [5.74, 6) is -5.80. The Bertz CT molecular complexity index is 755. The van der Waals surface area contributed by atoms with Crippen LogP contribution in [0.4, 0.5) is 23.2 Å². The molecule has 8 heteroatoms. The Kier molecular flexibility index (Phi) is 5.61. The van der Waals surface area contributed by atoms with Crippen molar-refractivity contribution >= 4 is 5.69 Å². The van der Waals surface area contributed by atoms with E-state index in [1.165, 1.54) is 0 Å².